The minimum absolute atomic E-state index is 0.0666. The van der Waals surface area contributed by atoms with Gasteiger partial charge in [-0.3, -0.25) is 43.2 Å². The number of halogens is 2. The molecule has 368 valence electrons. The fourth-order valence-electron chi connectivity index (χ4n) is 8.20. The number of hydrogen-bond donors (Lipinski definition) is 1. The van der Waals surface area contributed by atoms with Crippen molar-refractivity contribution < 1.29 is 40.8 Å². The van der Waals surface area contributed by atoms with Gasteiger partial charge in [-0.1, -0.05) is 17.7 Å². The van der Waals surface area contributed by atoms with Crippen LogP contribution in [0.15, 0.2) is 125 Å². The van der Waals surface area contributed by atoms with E-state index in [2.05, 4.69) is 19.9 Å². The van der Waals surface area contributed by atoms with Crippen LogP contribution in [0.2, 0.25) is 0 Å². The van der Waals surface area contributed by atoms with Crippen LogP contribution in [0.1, 0.15) is 114 Å². The highest BCUT2D eigenvalue weighted by Crippen LogP contribution is 2.37. The van der Waals surface area contributed by atoms with Crippen molar-refractivity contribution in [1.82, 2.24) is 29.1 Å². The first-order valence-electron chi connectivity index (χ1n) is 23.0. The Morgan fingerprint density at radius 2 is 1.06 bits per heavy atom. The number of carbonyl (C=O) groups is 2. The molecular formula is C53H54F2N8O7S. The number of pyridine rings is 2. The molecule has 0 bridgehead atoms. The molecule has 7 aromatic rings. The van der Waals surface area contributed by atoms with Gasteiger partial charge < -0.3 is 9.47 Å². The van der Waals surface area contributed by atoms with E-state index in [0.29, 0.717) is 71.6 Å². The second-order valence-corrected chi connectivity index (χ2v) is 18.3. The van der Waals surface area contributed by atoms with Crippen molar-refractivity contribution in [2.45, 2.75) is 91.1 Å². The molecule has 0 fully saturated rings. The van der Waals surface area contributed by atoms with Gasteiger partial charge in [0.1, 0.15) is 35.4 Å². The summed E-state index contributed by atoms with van der Waals surface area (Å²) in [6, 6.07) is 19.5. The van der Waals surface area contributed by atoms with Crippen molar-refractivity contribution in [1.29, 1.82) is 0 Å². The van der Waals surface area contributed by atoms with E-state index in [4.69, 9.17) is 24.0 Å². The van der Waals surface area contributed by atoms with Gasteiger partial charge in [-0.15, -0.1) is 0 Å². The number of carbonyl (C=O) groups excluding carboxylic acids is 2. The molecule has 6 heterocycles. The van der Waals surface area contributed by atoms with Gasteiger partial charge >= 0.3 is 11.9 Å². The second kappa shape index (κ2) is 22.5. The zero-order valence-corrected chi connectivity index (χ0v) is 41.2. The highest BCUT2D eigenvalue weighted by molar-refractivity contribution is 7.85. The zero-order chi connectivity index (χ0) is 51.0. The third kappa shape index (κ3) is 11.9. The Morgan fingerprint density at radius 3 is 1.42 bits per heavy atom. The van der Waals surface area contributed by atoms with E-state index >= 15 is 0 Å². The summed E-state index contributed by atoms with van der Waals surface area (Å²) in [6.45, 7) is 13.4. The Labute approximate surface area is 411 Å². The van der Waals surface area contributed by atoms with Crippen LogP contribution in [0.25, 0.3) is 11.4 Å². The number of fused-ring (bicyclic) bond motifs is 6. The fraction of sp³-hybridized carbons (Fsp3) is 0.283. The number of nitrogens with zero attached hydrogens (tertiary/aromatic N) is 8. The van der Waals surface area contributed by atoms with Crippen LogP contribution in [0, 0.1) is 46.3 Å². The third-order valence-corrected chi connectivity index (χ3v) is 12.6. The summed E-state index contributed by atoms with van der Waals surface area (Å²) in [4.78, 5) is 51.5. The molecule has 0 radical (unpaired) electrons. The molecule has 0 aliphatic carbocycles. The van der Waals surface area contributed by atoms with E-state index in [-0.39, 0.29) is 53.4 Å². The van der Waals surface area contributed by atoms with E-state index < -0.39 is 10.1 Å². The van der Waals surface area contributed by atoms with Crippen LogP contribution in [-0.2, 0) is 29.2 Å². The third-order valence-electron chi connectivity index (χ3n) is 11.7. The first-order valence-corrected chi connectivity index (χ1v) is 24.4. The number of aromatic nitrogens is 6. The van der Waals surface area contributed by atoms with Gasteiger partial charge in [-0.05, 0) is 133 Å². The molecule has 9 rings (SSSR count). The summed E-state index contributed by atoms with van der Waals surface area (Å²) in [7, 11) is -4.02. The summed E-state index contributed by atoms with van der Waals surface area (Å²) >= 11 is 0. The molecule has 2 atom stereocenters. The van der Waals surface area contributed by atoms with Crippen LogP contribution >= 0.6 is 0 Å². The standard InChI is InChI=1S/2C23H23FN4O2.C7H8O3S/c2*1-4-30-21(29)8-7-19-23-26-12-15(3)28(23)20-11-18(24)14(2)10-17(20)22(27-19)16-6-5-9-25-13-16;1-6-2-4-7(5-3-6)11(8,9)10/h2*5-6,9-13,19H,4,7-8H2,1-3H3;2-5H,1H3,(H,8,9,10)/t2*19-;/m00./s1. The van der Waals surface area contributed by atoms with Gasteiger partial charge in [-0.2, -0.15) is 8.42 Å². The molecule has 71 heavy (non-hydrogen) atoms. The van der Waals surface area contributed by atoms with E-state index in [1.807, 2.05) is 66.3 Å². The van der Waals surface area contributed by atoms with Gasteiger partial charge in [0.15, 0.2) is 0 Å². The minimum atomic E-state index is -4.02. The molecule has 0 unspecified atom stereocenters. The van der Waals surface area contributed by atoms with Crippen molar-refractivity contribution >= 4 is 33.5 Å². The quantitative estimate of drug-likeness (QED) is 0.0958. The maximum atomic E-state index is 14.6. The maximum Gasteiger partial charge on any atom is 0.305 e. The Kier molecular flexibility index (Phi) is 16.2. The van der Waals surface area contributed by atoms with Crippen molar-refractivity contribution in [3.8, 4) is 11.4 Å². The number of aryl methyl sites for hydroxylation is 5. The van der Waals surface area contributed by atoms with E-state index in [0.717, 1.165) is 39.2 Å². The molecule has 15 nitrogen and oxygen atoms in total. The van der Waals surface area contributed by atoms with Crippen LogP contribution < -0.4 is 0 Å². The topological polar surface area (TPSA) is 193 Å². The predicted molar refractivity (Wildman–Crippen MR) is 264 cm³/mol. The number of ether oxygens (including phenoxy) is 2. The van der Waals surface area contributed by atoms with Gasteiger partial charge in [-0.25, -0.2) is 18.7 Å². The molecule has 4 aromatic heterocycles. The SMILES string of the molecule is CCOC(=O)CC[C@@H]1N=C(c2cccnc2)c2cc(C)c(F)cc2-n2c(C)cnc21.CCOC(=O)CC[C@@H]1N=C(c2cccnc2)c2cc(C)c(F)cc2-n2c(C)cnc21.Cc1ccc(S(=O)(=O)O)cc1. The summed E-state index contributed by atoms with van der Waals surface area (Å²) < 4.78 is 72.8. The Bertz CT molecular complexity index is 3050. The van der Waals surface area contributed by atoms with Gasteiger partial charge in [0.25, 0.3) is 10.1 Å². The van der Waals surface area contributed by atoms with E-state index in [1.54, 1.807) is 77.0 Å². The average Bonchev–Trinajstić information content (AvgIpc) is 3.85. The lowest BCUT2D eigenvalue weighted by Gasteiger charge is -2.15. The van der Waals surface area contributed by atoms with Crippen molar-refractivity contribution in [3.63, 3.8) is 0 Å². The number of aliphatic imine (C=N–C) groups is 2. The Balaban J connectivity index is 0.000000173. The lowest BCUT2D eigenvalue weighted by molar-refractivity contribution is -0.144. The summed E-state index contributed by atoms with van der Waals surface area (Å²) in [5.74, 6) is 0.246. The smallest absolute Gasteiger partial charge is 0.305 e. The molecule has 2 aliphatic rings. The van der Waals surface area contributed by atoms with Crippen LogP contribution in [0.5, 0.6) is 0 Å². The number of imidazole rings is 2. The first kappa shape index (κ1) is 51.3. The first-order chi connectivity index (χ1) is 34.0. The van der Waals surface area contributed by atoms with E-state index in [9.17, 15) is 26.8 Å². The minimum Gasteiger partial charge on any atom is -0.466 e. The van der Waals surface area contributed by atoms with Crippen LogP contribution in [0.4, 0.5) is 8.78 Å². The molecule has 1 N–H and O–H groups in total. The van der Waals surface area contributed by atoms with Gasteiger partial charge in [0, 0.05) is 83.7 Å². The summed E-state index contributed by atoms with van der Waals surface area (Å²) in [5, 5.41) is 0. The number of hydrogen-bond acceptors (Lipinski definition) is 12. The highest BCUT2D eigenvalue weighted by atomic mass is 32.2. The van der Waals surface area contributed by atoms with E-state index in [1.165, 1.54) is 24.3 Å². The zero-order valence-electron chi connectivity index (χ0n) is 40.4. The summed E-state index contributed by atoms with van der Waals surface area (Å²) in [5.41, 5.74) is 9.83. The maximum absolute atomic E-state index is 14.6. The van der Waals surface area contributed by atoms with Crippen LogP contribution in [0.3, 0.4) is 0 Å². The number of benzene rings is 3. The number of rotatable bonds is 11. The normalized spacial score (nSPS) is 14.5. The van der Waals surface area contributed by atoms with Gasteiger partial charge in [0.2, 0.25) is 0 Å². The fourth-order valence-corrected chi connectivity index (χ4v) is 8.68. The molecule has 0 amide bonds. The molecule has 18 heteroatoms. The second-order valence-electron chi connectivity index (χ2n) is 16.9. The summed E-state index contributed by atoms with van der Waals surface area (Å²) in [6.07, 6.45) is 11.7. The molecule has 0 saturated heterocycles. The lowest BCUT2D eigenvalue weighted by Crippen LogP contribution is -2.10. The Morgan fingerprint density at radius 1 is 0.634 bits per heavy atom. The molecule has 0 saturated carbocycles. The highest BCUT2D eigenvalue weighted by Gasteiger charge is 2.30. The van der Waals surface area contributed by atoms with Crippen molar-refractivity contribution in [2.75, 3.05) is 13.2 Å². The molecule has 2 aliphatic heterocycles. The largest absolute Gasteiger partial charge is 0.466 e. The van der Waals surface area contributed by atoms with Crippen molar-refractivity contribution in [3.05, 3.63) is 184 Å². The molecular weight excluding hydrogens is 931 g/mol. The molecule has 0 spiro atoms. The monoisotopic (exact) mass is 984 g/mol. The average molecular weight is 985 g/mol. The predicted octanol–water partition coefficient (Wildman–Crippen LogP) is 9.76. The van der Waals surface area contributed by atoms with Crippen LogP contribution in [-0.4, -0.2) is 78.6 Å². The Hall–Kier alpha value is -7.57. The van der Waals surface area contributed by atoms with Gasteiger partial charge in [0.05, 0.1) is 40.9 Å². The van der Waals surface area contributed by atoms with Crippen molar-refractivity contribution in [2.24, 2.45) is 9.98 Å². The number of esters is 2. The molecule has 3 aromatic carbocycles. The lowest BCUT2D eigenvalue weighted by atomic mass is 9.99.